The van der Waals surface area contributed by atoms with Crippen LogP contribution in [0.4, 0.5) is 4.39 Å². The molecule has 124 valence electrons. The molecule has 0 aliphatic carbocycles. The quantitative estimate of drug-likeness (QED) is 0.856. The molecule has 0 aliphatic heterocycles. The molecule has 6 heteroatoms. The van der Waals surface area contributed by atoms with E-state index in [0.29, 0.717) is 11.1 Å². The Labute approximate surface area is 135 Å². The summed E-state index contributed by atoms with van der Waals surface area (Å²) >= 11 is 0. The van der Waals surface area contributed by atoms with Crippen LogP contribution in [0.15, 0.2) is 36.7 Å². The van der Waals surface area contributed by atoms with Gasteiger partial charge in [-0.25, -0.2) is 4.39 Å². The van der Waals surface area contributed by atoms with Gasteiger partial charge in [-0.1, -0.05) is 25.1 Å². The lowest BCUT2D eigenvalue weighted by Crippen LogP contribution is -2.38. The van der Waals surface area contributed by atoms with Crippen molar-refractivity contribution >= 4 is 5.91 Å². The van der Waals surface area contributed by atoms with Crippen molar-refractivity contribution in [1.29, 1.82) is 0 Å². The average molecular weight is 319 g/mol. The van der Waals surface area contributed by atoms with Crippen molar-refractivity contribution in [1.82, 2.24) is 15.1 Å². The molecule has 0 spiro atoms. The Balaban J connectivity index is 1.91. The van der Waals surface area contributed by atoms with Gasteiger partial charge in [0.05, 0.1) is 12.7 Å². The predicted octanol–water partition coefficient (Wildman–Crippen LogP) is 2.08. The highest BCUT2D eigenvalue weighted by Gasteiger charge is 2.25. The normalized spacial score (nSPS) is 15.0. The Morgan fingerprint density at radius 2 is 2.17 bits per heavy atom. The van der Waals surface area contributed by atoms with Crippen LogP contribution in [-0.2, 0) is 17.4 Å². The van der Waals surface area contributed by atoms with Gasteiger partial charge in [0, 0.05) is 25.2 Å². The molecule has 1 amide bonds. The summed E-state index contributed by atoms with van der Waals surface area (Å²) in [5.41, 5.74) is -0.0605. The number of nitrogens with one attached hydrogen (secondary N) is 1. The molecule has 0 radical (unpaired) electrons. The van der Waals surface area contributed by atoms with E-state index in [1.54, 1.807) is 56.2 Å². The smallest absolute Gasteiger partial charge is 0.220 e. The second-order valence-electron chi connectivity index (χ2n) is 6.08. The van der Waals surface area contributed by atoms with E-state index < -0.39 is 5.60 Å². The third-order valence-corrected chi connectivity index (χ3v) is 3.88. The second-order valence-corrected chi connectivity index (χ2v) is 6.08. The number of carbonyl (C=O) groups is 1. The summed E-state index contributed by atoms with van der Waals surface area (Å²) in [6, 6.07) is 6.44. The highest BCUT2D eigenvalue weighted by molar-refractivity contribution is 5.76. The maximum atomic E-state index is 13.7. The zero-order valence-corrected chi connectivity index (χ0v) is 13.6. The van der Waals surface area contributed by atoms with Crippen molar-refractivity contribution in [3.63, 3.8) is 0 Å². The van der Waals surface area contributed by atoms with Gasteiger partial charge in [0.25, 0.3) is 0 Å². The minimum Gasteiger partial charge on any atom is -0.383 e. The van der Waals surface area contributed by atoms with Gasteiger partial charge >= 0.3 is 0 Å². The van der Waals surface area contributed by atoms with Gasteiger partial charge in [-0.15, -0.1) is 0 Å². The molecular formula is C17H22FN3O2. The Bertz CT molecular complexity index is 682. The number of rotatable bonds is 6. The first kappa shape index (κ1) is 17.1. The second kappa shape index (κ2) is 6.91. The fraction of sp³-hybridized carbons (Fsp3) is 0.412. The van der Waals surface area contributed by atoms with Gasteiger partial charge in [0.2, 0.25) is 5.91 Å². The number of halogens is 1. The number of hydrogen-bond donors (Lipinski definition) is 2. The van der Waals surface area contributed by atoms with Crippen LogP contribution in [0.5, 0.6) is 0 Å². The summed E-state index contributed by atoms with van der Waals surface area (Å²) in [6.07, 6.45) is 3.42. The molecule has 1 aromatic carbocycles. The Hall–Kier alpha value is -2.21. The molecule has 0 aliphatic rings. The number of amides is 1. The molecule has 2 aromatic rings. The Morgan fingerprint density at radius 1 is 1.48 bits per heavy atom. The highest BCUT2D eigenvalue weighted by atomic mass is 19.1. The molecule has 0 saturated heterocycles. The fourth-order valence-electron chi connectivity index (χ4n) is 2.41. The minimum atomic E-state index is -1.20. The standard InChI is InChI=1S/C17H22FN3O2/c1-12(14-6-4-5-7-15(14)18)8-16(22)19-11-17(2,23)13-9-20-21(3)10-13/h4-7,9-10,12,23H,8,11H2,1-3H3,(H,19,22). The number of aliphatic hydroxyl groups is 1. The van der Waals surface area contributed by atoms with Crippen LogP contribution in [0.2, 0.25) is 0 Å². The highest BCUT2D eigenvalue weighted by Crippen LogP contribution is 2.22. The molecule has 1 aromatic heterocycles. The zero-order chi connectivity index (χ0) is 17.0. The molecule has 0 fully saturated rings. The van der Waals surface area contributed by atoms with Crippen LogP contribution in [0.25, 0.3) is 0 Å². The van der Waals surface area contributed by atoms with Crippen LogP contribution in [0, 0.1) is 5.82 Å². The molecule has 2 N–H and O–H groups in total. The van der Waals surface area contributed by atoms with Crippen LogP contribution >= 0.6 is 0 Å². The molecule has 1 heterocycles. The number of aromatic nitrogens is 2. The maximum Gasteiger partial charge on any atom is 0.220 e. The molecule has 0 bridgehead atoms. The van der Waals surface area contributed by atoms with Crippen molar-refractivity contribution in [3.05, 3.63) is 53.6 Å². The lowest BCUT2D eigenvalue weighted by molar-refractivity contribution is -0.122. The van der Waals surface area contributed by atoms with E-state index in [0.717, 1.165) is 0 Å². The van der Waals surface area contributed by atoms with Gasteiger partial charge in [-0.05, 0) is 24.5 Å². The monoisotopic (exact) mass is 319 g/mol. The SMILES string of the molecule is CC(CC(=O)NCC(C)(O)c1cnn(C)c1)c1ccccc1F. The van der Waals surface area contributed by atoms with Gasteiger partial charge < -0.3 is 10.4 Å². The van der Waals surface area contributed by atoms with Gasteiger partial charge in [0.1, 0.15) is 11.4 Å². The first-order valence-corrected chi connectivity index (χ1v) is 7.52. The summed E-state index contributed by atoms with van der Waals surface area (Å²) in [5, 5.41) is 17.1. The van der Waals surface area contributed by atoms with Crippen LogP contribution in [-0.4, -0.2) is 27.3 Å². The van der Waals surface area contributed by atoms with E-state index in [4.69, 9.17) is 0 Å². The number of hydrogen-bond acceptors (Lipinski definition) is 3. The van der Waals surface area contributed by atoms with E-state index in [9.17, 15) is 14.3 Å². The summed E-state index contributed by atoms with van der Waals surface area (Å²) in [5.74, 6) is -0.778. The summed E-state index contributed by atoms with van der Waals surface area (Å²) < 4.78 is 15.3. The zero-order valence-electron chi connectivity index (χ0n) is 13.6. The molecule has 5 nitrogen and oxygen atoms in total. The largest absolute Gasteiger partial charge is 0.383 e. The third-order valence-electron chi connectivity index (χ3n) is 3.88. The van der Waals surface area contributed by atoms with E-state index in [-0.39, 0.29) is 30.6 Å². The molecule has 2 rings (SSSR count). The van der Waals surface area contributed by atoms with Crippen molar-refractivity contribution < 1.29 is 14.3 Å². The van der Waals surface area contributed by atoms with Crippen LogP contribution in [0.3, 0.4) is 0 Å². The fourth-order valence-corrected chi connectivity index (χ4v) is 2.41. The van der Waals surface area contributed by atoms with Crippen molar-refractivity contribution in [2.75, 3.05) is 6.54 Å². The van der Waals surface area contributed by atoms with Crippen molar-refractivity contribution in [2.24, 2.45) is 7.05 Å². The van der Waals surface area contributed by atoms with E-state index in [1.165, 1.54) is 6.07 Å². The van der Waals surface area contributed by atoms with Gasteiger partial charge in [0.15, 0.2) is 0 Å². The minimum absolute atomic E-state index is 0.0710. The summed E-state index contributed by atoms with van der Waals surface area (Å²) in [6.45, 7) is 3.49. The first-order chi connectivity index (χ1) is 10.8. The van der Waals surface area contributed by atoms with Crippen molar-refractivity contribution in [2.45, 2.75) is 31.8 Å². The lowest BCUT2D eigenvalue weighted by atomic mass is 9.96. The number of nitrogens with zero attached hydrogens (tertiary/aromatic N) is 2. The van der Waals surface area contributed by atoms with E-state index in [2.05, 4.69) is 10.4 Å². The molecule has 2 unspecified atom stereocenters. The van der Waals surface area contributed by atoms with E-state index in [1.807, 2.05) is 0 Å². The third kappa shape index (κ3) is 4.39. The van der Waals surface area contributed by atoms with Gasteiger partial charge in [-0.2, -0.15) is 5.10 Å². The van der Waals surface area contributed by atoms with Crippen LogP contribution < -0.4 is 5.32 Å². The Morgan fingerprint density at radius 3 is 2.78 bits per heavy atom. The lowest BCUT2D eigenvalue weighted by Gasteiger charge is -2.23. The molecule has 0 saturated carbocycles. The first-order valence-electron chi connectivity index (χ1n) is 7.52. The summed E-state index contributed by atoms with van der Waals surface area (Å²) in [4.78, 5) is 12.1. The topological polar surface area (TPSA) is 67.2 Å². The van der Waals surface area contributed by atoms with Gasteiger partial charge in [-0.3, -0.25) is 9.48 Å². The predicted molar refractivity (Wildman–Crippen MR) is 85.2 cm³/mol. The maximum absolute atomic E-state index is 13.7. The summed E-state index contributed by atoms with van der Waals surface area (Å²) in [7, 11) is 1.76. The molecule has 23 heavy (non-hydrogen) atoms. The average Bonchev–Trinajstić information content (AvgIpc) is 2.93. The number of benzene rings is 1. The number of carbonyl (C=O) groups excluding carboxylic acids is 1. The van der Waals surface area contributed by atoms with Crippen molar-refractivity contribution in [3.8, 4) is 0 Å². The van der Waals surface area contributed by atoms with E-state index >= 15 is 0 Å². The molecular weight excluding hydrogens is 297 g/mol. The molecule has 2 atom stereocenters. The Kier molecular flexibility index (Phi) is 5.15. The number of aryl methyl sites for hydroxylation is 1. The van der Waals surface area contributed by atoms with Crippen LogP contribution in [0.1, 0.15) is 37.3 Å².